The van der Waals surface area contributed by atoms with Crippen molar-refractivity contribution in [2.75, 3.05) is 26.3 Å². The highest BCUT2D eigenvalue weighted by Crippen LogP contribution is 2.36. The minimum atomic E-state index is 0. The van der Waals surface area contributed by atoms with E-state index in [0.29, 0.717) is 19.5 Å². The fourth-order valence-corrected chi connectivity index (χ4v) is 3.09. The van der Waals surface area contributed by atoms with E-state index >= 15 is 0 Å². The molecule has 124 valence electrons. The maximum atomic E-state index is 11.9. The Labute approximate surface area is 139 Å². The number of amides is 1. The third-order valence-electron chi connectivity index (χ3n) is 4.40. The van der Waals surface area contributed by atoms with Crippen LogP contribution in [0.2, 0.25) is 0 Å². The van der Waals surface area contributed by atoms with Crippen molar-refractivity contribution < 1.29 is 9.53 Å². The number of carbonyl (C=O) groups is 1. The van der Waals surface area contributed by atoms with Gasteiger partial charge in [-0.3, -0.25) is 4.79 Å². The number of nitrogens with two attached hydrogens (primary N) is 1. The van der Waals surface area contributed by atoms with Gasteiger partial charge in [0.05, 0.1) is 0 Å². The molecule has 1 fully saturated rings. The normalized spacial score (nSPS) is 16.6. The molecule has 0 aliphatic carbocycles. The quantitative estimate of drug-likeness (QED) is 0.843. The lowest BCUT2D eigenvalue weighted by molar-refractivity contribution is -0.121. The molecule has 0 atom stereocenters. The van der Waals surface area contributed by atoms with Crippen LogP contribution in [0.1, 0.15) is 36.8 Å². The van der Waals surface area contributed by atoms with Crippen LogP contribution < -0.4 is 11.1 Å². The zero-order valence-electron chi connectivity index (χ0n) is 13.3. The SMILES string of the molecule is Cc1ccccc1C1(CNC(=O)CCCN)CCOCC1.Cl. The summed E-state index contributed by atoms with van der Waals surface area (Å²) in [5.41, 5.74) is 8.09. The minimum Gasteiger partial charge on any atom is -0.381 e. The lowest BCUT2D eigenvalue weighted by atomic mass is 9.72. The zero-order chi connectivity index (χ0) is 15.1. The standard InChI is InChI=1S/C17H26N2O2.ClH/c1-14-5-2-3-6-15(14)17(8-11-21-12-9-17)13-19-16(20)7-4-10-18;/h2-3,5-6H,4,7-13,18H2,1H3,(H,19,20);1H. The second kappa shape index (κ2) is 9.13. The molecule has 5 heteroatoms. The molecule has 1 aliphatic rings. The van der Waals surface area contributed by atoms with Gasteiger partial charge in [0.2, 0.25) is 5.91 Å². The second-order valence-corrected chi connectivity index (χ2v) is 5.88. The van der Waals surface area contributed by atoms with Crippen LogP contribution in [0.5, 0.6) is 0 Å². The maximum absolute atomic E-state index is 11.9. The second-order valence-electron chi connectivity index (χ2n) is 5.88. The van der Waals surface area contributed by atoms with Crippen molar-refractivity contribution in [3.63, 3.8) is 0 Å². The molecule has 22 heavy (non-hydrogen) atoms. The molecule has 1 heterocycles. The van der Waals surface area contributed by atoms with Crippen LogP contribution in [0, 0.1) is 6.92 Å². The van der Waals surface area contributed by atoms with Gasteiger partial charge in [-0.05, 0) is 43.9 Å². The Bertz CT molecular complexity index is 473. The minimum absolute atomic E-state index is 0. The first kappa shape index (κ1) is 18.9. The Balaban J connectivity index is 0.00000242. The summed E-state index contributed by atoms with van der Waals surface area (Å²) >= 11 is 0. The summed E-state index contributed by atoms with van der Waals surface area (Å²) in [5.74, 6) is 0.0971. The van der Waals surface area contributed by atoms with Gasteiger partial charge in [0.25, 0.3) is 0 Å². The predicted octanol–water partition coefficient (Wildman–Crippen LogP) is 2.32. The number of ether oxygens (including phenoxy) is 1. The third-order valence-corrected chi connectivity index (χ3v) is 4.40. The highest BCUT2D eigenvalue weighted by molar-refractivity contribution is 5.85. The maximum Gasteiger partial charge on any atom is 0.220 e. The zero-order valence-corrected chi connectivity index (χ0v) is 14.1. The highest BCUT2D eigenvalue weighted by Gasteiger charge is 2.35. The fourth-order valence-electron chi connectivity index (χ4n) is 3.09. The van der Waals surface area contributed by atoms with Crippen LogP contribution in [0.4, 0.5) is 0 Å². The van der Waals surface area contributed by atoms with E-state index < -0.39 is 0 Å². The summed E-state index contributed by atoms with van der Waals surface area (Å²) in [6.07, 6.45) is 3.16. The van der Waals surface area contributed by atoms with Gasteiger partial charge in [-0.2, -0.15) is 0 Å². The molecule has 1 aromatic rings. The largest absolute Gasteiger partial charge is 0.381 e. The van der Waals surface area contributed by atoms with Gasteiger partial charge < -0.3 is 15.8 Å². The molecule has 0 radical (unpaired) electrons. The van der Waals surface area contributed by atoms with E-state index in [1.165, 1.54) is 11.1 Å². The van der Waals surface area contributed by atoms with Crippen LogP contribution in [-0.2, 0) is 14.9 Å². The van der Waals surface area contributed by atoms with E-state index in [0.717, 1.165) is 32.5 Å². The monoisotopic (exact) mass is 326 g/mol. The number of carbonyl (C=O) groups excluding carboxylic acids is 1. The molecular formula is C17H27ClN2O2. The smallest absolute Gasteiger partial charge is 0.220 e. The number of aryl methyl sites for hydroxylation is 1. The summed E-state index contributed by atoms with van der Waals surface area (Å²) in [6, 6.07) is 8.47. The van der Waals surface area contributed by atoms with E-state index in [9.17, 15) is 4.79 Å². The first-order valence-corrected chi connectivity index (χ1v) is 7.78. The van der Waals surface area contributed by atoms with Crippen LogP contribution in [0.15, 0.2) is 24.3 Å². The molecule has 4 nitrogen and oxygen atoms in total. The van der Waals surface area contributed by atoms with Crippen LogP contribution in [0.3, 0.4) is 0 Å². The fraction of sp³-hybridized carbons (Fsp3) is 0.588. The lowest BCUT2D eigenvalue weighted by Crippen LogP contribution is -2.45. The topological polar surface area (TPSA) is 64.4 Å². The van der Waals surface area contributed by atoms with Crippen molar-refractivity contribution in [2.24, 2.45) is 5.73 Å². The lowest BCUT2D eigenvalue weighted by Gasteiger charge is -2.39. The molecule has 0 aromatic heterocycles. The molecule has 1 aromatic carbocycles. The molecule has 0 unspecified atom stereocenters. The van der Waals surface area contributed by atoms with Crippen molar-refractivity contribution in [3.8, 4) is 0 Å². The molecule has 1 amide bonds. The Morgan fingerprint density at radius 3 is 2.64 bits per heavy atom. The van der Waals surface area contributed by atoms with Gasteiger partial charge in [0.15, 0.2) is 0 Å². The Morgan fingerprint density at radius 1 is 1.32 bits per heavy atom. The van der Waals surface area contributed by atoms with Gasteiger partial charge >= 0.3 is 0 Å². The average Bonchev–Trinajstić information content (AvgIpc) is 2.52. The number of hydrogen-bond donors (Lipinski definition) is 2. The molecular weight excluding hydrogens is 300 g/mol. The van der Waals surface area contributed by atoms with Gasteiger partial charge in [-0.15, -0.1) is 12.4 Å². The summed E-state index contributed by atoms with van der Waals surface area (Å²) in [4.78, 5) is 11.9. The van der Waals surface area contributed by atoms with Crippen molar-refractivity contribution in [3.05, 3.63) is 35.4 Å². The van der Waals surface area contributed by atoms with Crippen molar-refractivity contribution >= 4 is 18.3 Å². The highest BCUT2D eigenvalue weighted by atomic mass is 35.5. The van der Waals surface area contributed by atoms with E-state index in [4.69, 9.17) is 10.5 Å². The van der Waals surface area contributed by atoms with Crippen LogP contribution in [-0.4, -0.2) is 32.2 Å². The van der Waals surface area contributed by atoms with Gasteiger partial charge in [-0.1, -0.05) is 24.3 Å². The number of nitrogens with one attached hydrogen (secondary N) is 1. The summed E-state index contributed by atoms with van der Waals surface area (Å²) in [7, 11) is 0. The van der Waals surface area contributed by atoms with Gasteiger partial charge in [0, 0.05) is 31.6 Å². The number of benzene rings is 1. The molecule has 1 saturated heterocycles. The molecule has 0 saturated carbocycles. The van der Waals surface area contributed by atoms with E-state index in [1.807, 2.05) is 0 Å². The number of halogens is 1. The predicted molar refractivity (Wildman–Crippen MR) is 91.5 cm³/mol. The van der Waals surface area contributed by atoms with Gasteiger partial charge in [-0.25, -0.2) is 0 Å². The summed E-state index contributed by atoms with van der Waals surface area (Å²) in [6.45, 7) is 4.90. The Kier molecular flexibility index (Phi) is 7.87. The third kappa shape index (κ3) is 4.70. The van der Waals surface area contributed by atoms with E-state index in [-0.39, 0.29) is 23.7 Å². The molecule has 1 aliphatic heterocycles. The van der Waals surface area contributed by atoms with Crippen LogP contribution in [0.25, 0.3) is 0 Å². The van der Waals surface area contributed by atoms with Crippen molar-refractivity contribution in [1.29, 1.82) is 0 Å². The molecule has 0 bridgehead atoms. The summed E-state index contributed by atoms with van der Waals surface area (Å²) < 4.78 is 5.53. The number of rotatable bonds is 6. The Morgan fingerprint density at radius 2 is 2.00 bits per heavy atom. The number of hydrogen-bond acceptors (Lipinski definition) is 3. The van der Waals surface area contributed by atoms with Crippen molar-refractivity contribution in [1.82, 2.24) is 5.32 Å². The van der Waals surface area contributed by atoms with E-state index in [1.54, 1.807) is 0 Å². The first-order valence-electron chi connectivity index (χ1n) is 7.78. The summed E-state index contributed by atoms with van der Waals surface area (Å²) in [5, 5.41) is 3.10. The van der Waals surface area contributed by atoms with Gasteiger partial charge in [0.1, 0.15) is 0 Å². The molecule has 3 N–H and O–H groups in total. The first-order chi connectivity index (χ1) is 10.2. The van der Waals surface area contributed by atoms with E-state index in [2.05, 4.69) is 36.5 Å². The van der Waals surface area contributed by atoms with Crippen LogP contribution >= 0.6 is 12.4 Å². The Hall–Kier alpha value is -1.10. The molecule has 0 spiro atoms. The average molecular weight is 327 g/mol. The van der Waals surface area contributed by atoms with Crippen molar-refractivity contribution in [2.45, 2.75) is 38.0 Å². The molecule has 2 rings (SSSR count).